The van der Waals surface area contributed by atoms with Gasteiger partial charge in [0.2, 0.25) is 0 Å². The summed E-state index contributed by atoms with van der Waals surface area (Å²) in [6, 6.07) is 8.43. The molecule has 1 atom stereocenters. The highest BCUT2D eigenvalue weighted by molar-refractivity contribution is 7.99. The summed E-state index contributed by atoms with van der Waals surface area (Å²) in [4.78, 5) is 13.0. The second kappa shape index (κ2) is 6.19. The van der Waals surface area contributed by atoms with Gasteiger partial charge >= 0.3 is 5.97 Å². The zero-order valence-electron chi connectivity index (χ0n) is 12.3. The SMILES string of the molecule is Cc1ccc(SCC(NC(C)C)(C(=O)O)C2CC2)cc1. The smallest absolute Gasteiger partial charge is 0.325 e. The molecule has 0 heterocycles. The van der Waals surface area contributed by atoms with Gasteiger partial charge in [0.05, 0.1) is 0 Å². The fourth-order valence-electron chi connectivity index (χ4n) is 2.50. The van der Waals surface area contributed by atoms with E-state index in [2.05, 4.69) is 36.5 Å². The lowest BCUT2D eigenvalue weighted by Gasteiger charge is -2.32. The van der Waals surface area contributed by atoms with Crippen molar-refractivity contribution in [2.45, 2.75) is 50.1 Å². The van der Waals surface area contributed by atoms with Crippen molar-refractivity contribution >= 4 is 17.7 Å². The van der Waals surface area contributed by atoms with Crippen molar-refractivity contribution in [3.05, 3.63) is 29.8 Å². The van der Waals surface area contributed by atoms with Crippen LogP contribution in [0.3, 0.4) is 0 Å². The zero-order valence-corrected chi connectivity index (χ0v) is 13.2. The highest BCUT2D eigenvalue weighted by atomic mass is 32.2. The van der Waals surface area contributed by atoms with Crippen LogP contribution in [0.15, 0.2) is 29.2 Å². The number of aliphatic carboxylic acids is 1. The first-order valence-electron chi connectivity index (χ1n) is 7.14. The van der Waals surface area contributed by atoms with Crippen LogP contribution in [0.2, 0.25) is 0 Å². The van der Waals surface area contributed by atoms with E-state index < -0.39 is 11.5 Å². The van der Waals surface area contributed by atoms with E-state index in [0.29, 0.717) is 5.75 Å². The van der Waals surface area contributed by atoms with E-state index >= 15 is 0 Å². The molecule has 110 valence electrons. The Hall–Kier alpha value is -1.00. The van der Waals surface area contributed by atoms with Crippen molar-refractivity contribution in [1.82, 2.24) is 5.32 Å². The molecule has 1 aliphatic carbocycles. The van der Waals surface area contributed by atoms with Gasteiger partial charge in [0.15, 0.2) is 0 Å². The van der Waals surface area contributed by atoms with Crippen molar-refractivity contribution in [2.24, 2.45) is 5.92 Å². The molecule has 1 fully saturated rings. The predicted octanol–water partition coefficient (Wildman–Crippen LogP) is 3.32. The minimum Gasteiger partial charge on any atom is -0.480 e. The van der Waals surface area contributed by atoms with Gasteiger partial charge < -0.3 is 5.11 Å². The number of hydrogen-bond donors (Lipinski definition) is 2. The van der Waals surface area contributed by atoms with Crippen molar-refractivity contribution in [2.75, 3.05) is 5.75 Å². The molecule has 2 rings (SSSR count). The molecule has 0 aromatic heterocycles. The van der Waals surface area contributed by atoms with E-state index in [1.54, 1.807) is 11.8 Å². The Morgan fingerprint density at radius 1 is 1.40 bits per heavy atom. The highest BCUT2D eigenvalue weighted by Crippen LogP contribution is 2.43. The Labute approximate surface area is 125 Å². The molecule has 1 aliphatic rings. The van der Waals surface area contributed by atoms with E-state index in [1.807, 2.05) is 13.8 Å². The second-order valence-electron chi connectivity index (χ2n) is 5.95. The van der Waals surface area contributed by atoms with Gasteiger partial charge in [0, 0.05) is 16.7 Å². The van der Waals surface area contributed by atoms with E-state index in [0.717, 1.165) is 17.7 Å². The number of benzene rings is 1. The molecule has 0 aliphatic heterocycles. The van der Waals surface area contributed by atoms with Gasteiger partial charge in [-0.25, -0.2) is 0 Å². The maximum atomic E-state index is 11.8. The van der Waals surface area contributed by atoms with Crippen LogP contribution in [-0.4, -0.2) is 28.4 Å². The lowest BCUT2D eigenvalue weighted by atomic mass is 9.94. The maximum absolute atomic E-state index is 11.8. The van der Waals surface area contributed by atoms with E-state index in [9.17, 15) is 9.90 Å². The minimum atomic E-state index is -0.788. The molecule has 3 nitrogen and oxygen atoms in total. The lowest BCUT2D eigenvalue weighted by Crippen LogP contribution is -2.58. The number of rotatable bonds is 7. The number of aryl methyl sites for hydroxylation is 1. The summed E-state index contributed by atoms with van der Waals surface area (Å²) in [5.41, 5.74) is 0.435. The number of carboxylic acids is 1. The maximum Gasteiger partial charge on any atom is 0.325 e. The minimum absolute atomic E-state index is 0.172. The molecule has 0 amide bonds. The molecular formula is C16H23NO2S. The van der Waals surface area contributed by atoms with Crippen LogP contribution in [-0.2, 0) is 4.79 Å². The summed E-state index contributed by atoms with van der Waals surface area (Å²) in [7, 11) is 0. The Morgan fingerprint density at radius 2 is 2.00 bits per heavy atom. The largest absolute Gasteiger partial charge is 0.480 e. The predicted molar refractivity (Wildman–Crippen MR) is 83.3 cm³/mol. The van der Waals surface area contributed by atoms with Crippen LogP contribution >= 0.6 is 11.8 Å². The van der Waals surface area contributed by atoms with Gasteiger partial charge in [0.1, 0.15) is 5.54 Å². The highest BCUT2D eigenvalue weighted by Gasteiger charge is 2.51. The third-order valence-electron chi connectivity index (χ3n) is 3.69. The quantitative estimate of drug-likeness (QED) is 0.757. The van der Waals surface area contributed by atoms with Crippen LogP contribution in [0.1, 0.15) is 32.3 Å². The van der Waals surface area contributed by atoms with Gasteiger partial charge in [-0.1, -0.05) is 17.7 Å². The van der Waals surface area contributed by atoms with Crippen LogP contribution in [0.4, 0.5) is 0 Å². The molecular weight excluding hydrogens is 270 g/mol. The molecule has 0 bridgehead atoms. The second-order valence-corrected chi connectivity index (χ2v) is 7.00. The Bertz CT molecular complexity index is 468. The summed E-state index contributed by atoms with van der Waals surface area (Å²) >= 11 is 1.63. The Morgan fingerprint density at radius 3 is 2.45 bits per heavy atom. The van der Waals surface area contributed by atoms with E-state index in [-0.39, 0.29) is 12.0 Å². The number of hydrogen-bond acceptors (Lipinski definition) is 3. The first-order valence-corrected chi connectivity index (χ1v) is 8.13. The van der Waals surface area contributed by atoms with Crippen molar-refractivity contribution in [1.29, 1.82) is 0 Å². The van der Waals surface area contributed by atoms with E-state index in [4.69, 9.17) is 0 Å². The molecule has 0 radical (unpaired) electrons. The average molecular weight is 293 g/mol. The van der Waals surface area contributed by atoms with Crippen LogP contribution in [0, 0.1) is 12.8 Å². The lowest BCUT2D eigenvalue weighted by molar-refractivity contribution is -0.145. The topological polar surface area (TPSA) is 49.3 Å². The first kappa shape index (κ1) is 15.4. The number of thioether (sulfide) groups is 1. The average Bonchev–Trinajstić information content (AvgIpc) is 3.20. The van der Waals surface area contributed by atoms with Crippen molar-refractivity contribution in [3.8, 4) is 0 Å². The molecule has 4 heteroatoms. The zero-order chi connectivity index (χ0) is 14.8. The summed E-state index contributed by atoms with van der Waals surface area (Å²) in [5, 5.41) is 13.0. The Balaban J connectivity index is 2.11. The van der Waals surface area contributed by atoms with Crippen LogP contribution in [0.5, 0.6) is 0 Å². The molecule has 0 spiro atoms. The summed E-state index contributed by atoms with van der Waals surface area (Å²) < 4.78 is 0. The molecule has 0 saturated heterocycles. The van der Waals surface area contributed by atoms with Gasteiger partial charge in [-0.15, -0.1) is 11.8 Å². The molecule has 2 N–H and O–H groups in total. The molecule has 1 unspecified atom stereocenters. The fraction of sp³-hybridized carbons (Fsp3) is 0.562. The first-order chi connectivity index (χ1) is 9.44. The summed E-state index contributed by atoms with van der Waals surface area (Å²) in [5.74, 6) is 0.127. The van der Waals surface area contributed by atoms with Crippen LogP contribution < -0.4 is 5.32 Å². The Kier molecular flexibility index (Phi) is 4.76. The third-order valence-corrected chi connectivity index (χ3v) is 4.89. The molecule has 1 saturated carbocycles. The van der Waals surface area contributed by atoms with Gasteiger partial charge in [-0.05, 0) is 51.7 Å². The van der Waals surface area contributed by atoms with Gasteiger partial charge in [-0.3, -0.25) is 10.1 Å². The number of carboxylic acid groups (broad SMARTS) is 1. The molecule has 1 aromatic carbocycles. The van der Waals surface area contributed by atoms with Gasteiger partial charge in [-0.2, -0.15) is 0 Å². The normalized spacial score (nSPS) is 18.0. The van der Waals surface area contributed by atoms with Crippen molar-refractivity contribution in [3.63, 3.8) is 0 Å². The van der Waals surface area contributed by atoms with Gasteiger partial charge in [0.25, 0.3) is 0 Å². The monoisotopic (exact) mass is 293 g/mol. The fourth-order valence-corrected chi connectivity index (χ4v) is 3.66. The van der Waals surface area contributed by atoms with E-state index in [1.165, 1.54) is 5.56 Å². The summed E-state index contributed by atoms with van der Waals surface area (Å²) in [6.45, 7) is 6.08. The number of nitrogens with one attached hydrogen (secondary N) is 1. The number of carbonyl (C=O) groups is 1. The van der Waals surface area contributed by atoms with Crippen molar-refractivity contribution < 1.29 is 9.90 Å². The molecule has 20 heavy (non-hydrogen) atoms. The van der Waals surface area contributed by atoms with Crippen LogP contribution in [0.25, 0.3) is 0 Å². The molecule has 1 aromatic rings. The third kappa shape index (κ3) is 3.55. The summed E-state index contributed by atoms with van der Waals surface area (Å²) in [6.07, 6.45) is 2.03. The standard InChI is InChI=1S/C16H23NO2S/c1-11(2)17-16(15(18)19,13-6-7-13)10-20-14-8-4-12(3)5-9-14/h4-5,8-9,11,13,17H,6-7,10H2,1-3H3,(H,18,19).